The highest BCUT2D eigenvalue weighted by molar-refractivity contribution is 7.99. The summed E-state index contributed by atoms with van der Waals surface area (Å²) in [5.41, 5.74) is 0. The highest BCUT2D eigenvalue weighted by Crippen LogP contribution is 2.27. The van der Waals surface area contributed by atoms with Crippen molar-refractivity contribution in [3.63, 3.8) is 0 Å². The SMILES string of the molecule is C1SCC2NC12. The lowest BCUT2D eigenvalue weighted by Gasteiger charge is -1.83. The molecule has 2 heterocycles. The van der Waals surface area contributed by atoms with Crippen LogP contribution in [0.2, 0.25) is 0 Å². The molecule has 2 saturated heterocycles. The third-order valence-electron chi connectivity index (χ3n) is 1.40. The predicted molar refractivity (Wildman–Crippen MR) is 28.0 cm³/mol. The summed E-state index contributed by atoms with van der Waals surface area (Å²) in [5, 5.41) is 3.35. The molecule has 0 spiro atoms. The van der Waals surface area contributed by atoms with Gasteiger partial charge in [-0.25, -0.2) is 0 Å². The summed E-state index contributed by atoms with van der Waals surface area (Å²) in [6.07, 6.45) is 0. The van der Waals surface area contributed by atoms with Gasteiger partial charge in [-0.05, 0) is 0 Å². The van der Waals surface area contributed by atoms with Crippen LogP contribution in [0.1, 0.15) is 0 Å². The van der Waals surface area contributed by atoms with E-state index < -0.39 is 0 Å². The topological polar surface area (TPSA) is 21.9 Å². The molecule has 0 aromatic rings. The zero-order valence-electron chi connectivity index (χ0n) is 3.48. The van der Waals surface area contributed by atoms with E-state index in [2.05, 4.69) is 17.1 Å². The Bertz CT molecular complexity index is 65.9. The van der Waals surface area contributed by atoms with Gasteiger partial charge >= 0.3 is 0 Å². The maximum absolute atomic E-state index is 3.35. The van der Waals surface area contributed by atoms with Crippen LogP contribution in [0.15, 0.2) is 0 Å². The van der Waals surface area contributed by atoms with Gasteiger partial charge < -0.3 is 5.32 Å². The largest absolute Gasteiger partial charge is 0.306 e. The van der Waals surface area contributed by atoms with Crippen LogP contribution in [0, 0.1) is 0 Å². The standard InChI is InChI=1S/C4H7NS/c1-3-4(5-3)2-6-1/h3-5H,1-2H2. The van der Waals surface area contributed by atoms with Gasteiger partial charge in [0.05, 0.1) is 0 Å². The number of hydrogen-bond donors (Lipinski definition) is 1. The maximum Gasteiger partial charge on any atom is 0.0323 e. The summed E-state index contributed by atoms with van der Waals surface area (Å²) >= 11 is 2.07. The quantitative estimate of drug-likeness (QED) is 0.436. The molecule has 2 atom stereocenters. The molecule has 2 fully saturated rings. The fourth-order valence-corrected chi connectivity index (χ4v) is 2.17. The van der Waals surface area contributed by atoms with E-state index in [4.69, 9.17) is 0 Å². The van der Waals surface area contributed by atoms with Gasteiger partial charge in [0, 0.05) is 23.6 Å². The summed E-state index contributed by atoms with van der Waals surface area (Å²) in [7, 11) is 0. The highest BCUT2D eigenvalue weighted by atomic mass is 32.2. The van der Waals surface area contributed by atoms with Gasteiger partial charge in [0.15, 0.2) is 0 Å². The minimum atomic E-state index is 0.926. The van der Waals surface area contributed by atoms with Crippen molar-refractivity contribution in [2.75, 3.05) is 11.5 Å². The fraction of sp³-hybridized carbons (Fsp3) is 1.00. The summed E-state index contributed by atoms with van der Waals surface area (Å²) in [6.45, 7) is 0. The molecule has 6 heavy (non-hydrogen) atoms. The van der Waals surface area contributed by atoms with Gasteiger partial charge in [-0.2, -0.15) is 11.8 Å². The Kier molecular flexibility index (Phi) is 0.515. The van der Waals surface area contributed by atoms with Crippen LogP contribution in [0.4, 0.5) is 0 Å². The molecule has 34 valence electrons. The van der Waals surface area contributed by atoms with E-state index in [1.807, 2.05) is 0 Å². The minimum absolute atomic E-state index is 0.926. The van der Waals surface area contributed by atoms with Crippen LogP contribution < -0.4 is 5.32 Å². The Labute approximate surface area is 41.5 Å². The van der Waals surface area contributed by atoms with E-state index in [1.165, 1.54) is 11.5 Å². The second kappa shape index (κ2) is 0.928. The van der Waals surface area contributed by atoms with Gasteiger partial charge in [0.1, 0.15) is 0 Å². The first-order valence-corrected chi connectivity index (χ1v) is 3.46. The maximum atomic E-state index is 3.35. The Morgan fingerprint density at radius 3 is 2.17 bits per heavy atom. The van der Waals surface area contributed by atoms with E-state index in [0.717, 1.165) is 12.1 Å². The summed E-state index contributed by atoms with van der Waals surface area (Å²) in [6, 6.07) is 1.85. The number of thioether (sulfide) groups is 1. The molecule has 2 aliphatic rings. The summed E-state index contributed by atoms with van der Waals surface area (Å²) in [5.74, 6) is 2.73. The zero-order valence-corrected chi connectivity index (χ0v) is 4.29. The van der Waals surface area contributed by atoms with Gasteiger partial charge in [0.25, 0.3) is 0 Å². The molecule has 0 bridgehead atoms. The lowest BCUT2D eigenvalue weighted by molar-refractivity contribution is 1.11. The van der Waals surface area contributed by atoms with E-state index in [9.17, 15) is 0 Å². The molecule has 0 radical (unpaired) electrons. The summed E-state index contributed by atoms with van der Waals surface area (Å²) < 4.78 is 0. The van der Waals surface area contributed by atoms with Crippen molar-refractivity contribution in [3.8, 4) is 0 Å². The Morgan fingerprint density at radius 2 is 2.00 bits per heavy atom. The van der Waals surface area contributed by atoms with E-state index in [0.29, 0.717) is 0 Å². The smallest absolute Gasteiger partial charge is 0.0323 e. The monoisotopic (exact) mass is 101 g/mol. The molecular weight excluding hydrogens is 94.1 g/mol. The van der Waals surface area contributed by atoms with Gasteiger partial charge in [-0.3, -0.25) is 0 Å². The number of nitrogens with one attached hydrogen (secondary N) is 1. The Morgan fingerprint density at radius 1 is 1.33 bits per heavy atom. The van der Waals surface area contributed by atoms with Crippen molar-refractivity contribution >= 4 is 11.8 Å². The van der Waals surface area contributed by atoms with Crippen LogP contribution in [0.25, 0.3) is 0 Å². The van der Waals surface area contributed by atoms with Gasteiger partial charge in [-0.15, -0.1) is 0 Å². The van der Waals surface area contributed by atoms with Gasteiger partial charge in [0.2, 0.25) is 0 Å². The van der Waals surface area contributed by atoms with Crippen LogP contribution in [0.5, 0.6) is 0 Å². The minimum Gasteiger partial charge on any atom is -0.306 e. The van der Waals surface area contributed by atoms with Crippen molar-refractivity contribution in [1.29, 1.82) is 0 Å². The fourth-order valence-electron chi connectivity index (χ4n) is 0.870. The van der Waals surface area contributed by atoms with Crippen molar-refractivity contribution < 1.29 is 0 Å². The van der Waals surface area contributed by atoms with Crippen LogP contribution in [-0.4, -0.2) is 23.6 Å². The van der Waals surface area contributed by atoms with Gasteiger partial charge in [-0.1, -0.05) is 0 Å². The molecule has 2 aliphatic heterocycles. The molecule has 0 saturated carbocycles. The summed E-state index contributed by atoms with van der Waals surface area (Å²) in [4.78, 5) is 0. The molecule has 0 aliphatic carbocycles. The molecule has 1 nitrogen and oxygen atoms in total. The van der Waals surface area contributed by atoms with Crippen molar-refractivity contribution in [2.45, 2.75) is 12.1 Å². The lowest BCUT2D eigenvalue weighted by atomic mass is 10.4. The Hall–Kier alpha value is 0.310. The second-order valence-electron chi connectivity index (χ2n) is 1.92. The molecule has 0 amide bonds. The predicted octanol–water partition coefficient (Wildman–Crippen LogP) is 0.0736. The van der Waals surface area contributed by atoms with Crippen LogP contribution in [-0.2, 0) is 0 Å². The molecule has 0 aromatic carbocycles. The lowest BCUT2D eigenvalue weighted by Crippen LogP contribution is -1.92. The van der Waals surface area contributed by atoms with Crippen LogP contribution in [0.3, 0.4) is 0 Å². The molecule has 1 N–H and O–H groups in total. The number of fused-ring (bicyclic) bond motifs is 1. The normalized spacial score (nSPS) is 52.0. The first kappa shape index (κ1) is 3.33. The highest BCUT2D eigenvalue weighted by Gasteiger charge is 2.40. The number of rotatable bonds is 0. The molecule has 2 rings (SSSR count). The zero-order chi connectivity index (χ0) is 3.98. The van der Waals surface area contributed by atoms with Crippen molar-refractivity contribution in [2.24, 2.45) is 0 Å². The van der Waals surface area contributed by atoms with E-state index in [-0.39, 0.29) is 0 Å². The first-order chi connectivity index (χ1) is 2.97. The van der Waals surface area contributed by atoms with E-state index >= 15 is 0 Å². The average Bonchev–Trinajstić information content (AvgIpc) is 2.17. The third-order valence-corrected chi connectivity index (χ3v) is 2.59. The second-order valence-corrected chi connectivity index (χ2v) is 2.99. The van der Waals surface area contributed by atoms with E-state index in [1.54, 1.807) is 0 Å². The molecule has 0 aromatic heterocycles. The average molecular weight is 101 g/mol. The van der Waals surface area contributed by atoms with Crippen LogP contribution >= 0.6 is 11.8 Å². The van der Waals surface area contributed by atoms with Crippen molar-refractivity contribution in [1.82, 2.24) is 5.32 Å². The molecule has 2 heteroatoms. The first-order valence-electron chi connectivity index (χ1n) is 2.30. The third kappa shape index (κ3) is 0.312. The molecular formula is C4H7NS. The Balaban J connectivity index is 2.09. The molecule has 2 unspecified atom stereocenters. The number of hydrogen-bond acceptors (Lipinski definition) is 2. The van der Waals surface area contributed by atoms with Crippen molar-refractivity contribution in [3.05, 3.63) is 0 Å².